The summed E-state index contributed by atoms with van der Waals surface area (Å²) in [5, 5.41) is 2.66. The summed E-state index contributed by atoms with van der Waals surface area (Å²) in [5.74, 6) is -0.305. The van der Waals surface area contributed by atoms with Gasteiger partial charge in [0.15, 0.2) is 4.80 Å². The van der Waals surface area contributed by atoms with Gasteiger partial charge in [-0.25, -0.2) is 4.98 Å². The van der Waals surface area contributed by atoms with Crippen LogP contribution in [0.3, 0.4) is 0 Å². The lowest BCUT2D eigenvalue weighted by atomic mass is 10.2. The first-order valence-electron chi connectivity index (χ1n) is 7.73. The van der Waals surface area contributed by atoms with E-state index in [-0.39, 0.29) is 5.91 Å². The van der Waals surface area contributed by atoms with Crippen LogP contribution in [0.1, 0.15) is 15.9 Å². The van der Waals surface area contributed by atoms with Crippen molar-refractivity contribution in [2.24, 2.45) is 10.7 Å². The molecule has 3 N–H and O–H groups in total. The van der Waals surface area contributed by atoms with Crippen LogP contribution in [0, 0.1) is 0 Å². The SMILES string of the molecule is NCc1ccccc1-n1ccsc1=NC(=O)c1c[nH]c2ncccc12. The highest BCUT2D eigenvalue weighted by Crippen LogP contribution is 2.17. The molecule has 124 valence electrons. The summed E-state index contributed by atoms with van der Waals surface area (Å²) in [4.78, 5) is 24.8. The molecule has 0 radical (unpaired) electrons. The molecule has 0 aliphatic heterocycles. The Morgan fingerprint density at radius 3 is 3.04 bits per heavy atom. The molecule has 25 heavy (non-hydrogen) atoms. The number of nitrogens with zero attached hydrogens (tertiary/aromatic N) is 3. The number of H-pyrrole nitrogens is 1. The molecule has 7 heteroatoms. The molecular formula is C18H15N5OS. The molecule has 1 aromatic carbocycles. The number of rotatable bonds is 3. The van der Waals surface area contributed by atoms with Gasteiger partial charge in [-0.15, -0.1) is 11.3 Å². The molecular weight excluding hydrogens is 334 g/mol. The fraction of sp³-hybridized carbons (Fsp3) is 0.0556. The third-order valence-corrected chi connectivity index (χ3v) is 4.70. The number of aromatic amines is 1. The van der Waals surface area contributed by atoms with E-state index in [0.29, 0.717) is 22.6 Å². The highest BCUT2D eigenvalue weighted by Gasteiger charge is 2.12. The van der Waals surface area contributed by atoms with E-state index in [9.17, 15) is 4.79 Å². The van der Waals surface area contributed by atoms with Crippen molar-refractivity contribution in [2.45, 2.75) is 6.54 Å². The number of amides is 1. The van der Waals surface area contributed by atoms with E-state index in [2.05, 4.69) is 15.0 Å². The van der Waals surface area contributed by atoms with E-state index in [4.69, 9.17) is 5.73 Å². The van der Waals surface area contributed by atoms with Crippen LogP contribution in [0.25, 0.3) is 16.7 Å². The van der Waals surface area contributed by atoms with Crippen molar-refractivity contribution in [3.05, 3.63) is 76.3 Å². The first-order valence-corrected chi connectivity index (χ1v) is 8.61. The maximum atomic E-state index is 12.7. The minimum Gasteiger partial charge on any atom is -0.345 e. The smallest absolute Gasteiger partial charge is 0.281 e. The highest BCUT2D eigenvalue weighted by molar-refractivity contribution is 7.07. The average Bonchev–Trinajstić information content (AvgIpc) is 3.28. The number of nitrogens with two attached hydrogens (primary N) is 1. The minimum absolute atomic E-state index is 0.305. The molecule has 6 nitrogen and oxygen atoms in total. The fourth-order valence-corrected chi connectivity index (χ4v) is 3.45. The quantitative estimate of drug-likeness (QED) is 0.596. The lowest BCUT2D eigenvalue weighted by Gasteiger charge is -2.08. The van der Waals surface area contributed by atoms with Gasteiger partial charge >= 0.3 is 0 Å². The van der Waals surface area contributed by atoms with Crippen molar-refractivity contribution in [1.29, 1.82) is 0 Å². The topological polar surface area (TPSA) is 89.1 Å². The maximum absolute atomic E-state index is 12.7. The molecule has 0 aliphatic rings. The van der Waals surface area contributed by atoms with Gasteiger partial charge in [0.25, 0.3) is 5.91 Å². The molecule has 0 unspecified atom stereocenters. The van der Waals surface area contributed by atoms with Crippen LogP contribution in [-0.2, 0) is 6.54 Å². The number of carbonyl (C=O) groups excluding carboxylic acids is 1. The number of nitrogens with one attached hydrogen (secondary N) is 1. The molecule has 0 spiro atoms. The zero-order chi connectivity index (χ0) is 17.2. The summed E-state index contributed by atoms with van der Waals surface area (Å²) in [6.45, 7) is 0.417. The van der Waals surface area contributed by atoms with Crippen molar-refractivity contribution in [3.8, 4) is 5.69 Å². The Hall–Kier alpha value is -3.03. The van der Waals surface area contributed by atoms with Crippen molar-refractivity contribution in [3.63, 3.8) is 0 Å². The number of hydrogen-bond acceptors (Lipinski definition) is 4. The van der Waals surface area contributed by atoms with Gasteiger partial charge in [0.1, 0.15) is 5.65 Å². The second kappa shape index (κ2) is 6.46. The maximum Gasteiger partial charge on any atom is 0.281 e. The van der Waals surface area contributed by atoms with Gasteiger partial charge in [0, 0.05) is 35.9 Å². The molecule has 0 atom stereocenters. The third-order valence-electron chi connectivity index (χ3n) is 3.94. The number of pyridine rings is 1. The van der Waals surface area contributed by atoms with Gasteiger partial charge in [-0.1, -0.05) is 18.2 Å². The summed E-state index contributed by atoms with van der Waals surface area (Å²) in [5.41, 5.74) is 8.93. The number of thiazole rings is 1. The van der Waals surface area contributed by atoms with E-state index in [1.165, 1.54) is 11.3 Å². The van der Waals surface area contributed by atoms with Crippen molar-refractivity contribution in [1.82, 2.24) is 14.5 Å². The van der Waals surface area contributed by atoms with Crippen LogP contribution in [0.4, 0.5) is 0 Å². The van der Waals surface area contributed by atoms with Gasteiger partial charge in [0.2, 0.25) is 0 Å². The average molecular weight is 349 g/mol. The monoisotopic (exact) mass is 349 g/mol. The summed E-state index contributed by atoms with van der Waals surface area (Å²) < 4.78 is 1.89. The summed E-state index contributed by atoms with van der Waals surface area (Å²) >= 11 is 1.40. The number of para-hydroxylation sites is 1. The summed E-state index contributed by atoms with van der Waals surface area (Å²) in [6, 6.07) is 11.5. The van der Waals surface area contributed by atoms with Crippen molar-refractivity contribution in [2.75, 3.05) is 0 Å². The standard InChI is InChI=1S/C18H15N5OS/c19-10-12-4-1-2-6-15(12)23-8-9-25-18(23)22-17(24)14-11-21-16-13(14)5-3-7-20-16/h1-9,11H,10,19H2,(H,20,21). The molecule has 0 saturated heterocycles. The van der Waals surface area contributed by atoms with Gasteiger partial charge < -0.3 is 10.7 Å². The lowest BCUT2D eigenvalue weighted by Crippen LogP contribution is -2.16. The first-order chi connectivity index (χ1) is 12.3. The molecule has 1 amide bonds. The van der Waals surface area contributed by atoms with Crippen LogP contribution >= 0.6 is 11.3 Å². The van der Waals surface area contributed by atoms with Crippen molar-refractivity contribution < 1.29 is 4.79 Å². The molecule has 0 bridgehead atoms. The van der Waals surface area contributed by atoms with E-state index in [0.717, 1.165) is 16.6 Å². The number of hydrogen-bond donors (Lipinski definition) is 2. The Bertz CT molecular complexity index is 1120. The number of benzene rings is 1. The van der Waals surface area contributed by atoms with Gasteiger partial charge in [0.05, 0.1) is 11.3 Å². The van der Waals surface area contributed by atoms with E-state index < -0.39 is 0 Å². The lowest BCUT2D eigenvalue weighted by molar-refractivity contribution is 0.0999. The molecule has 4 aromatic rings. The largest absolute Gasteiger partial charge is 0.345 e. The summed E-state index contributed by atoms with van der Waals surface area (Å²) in [6.07, 6.45) is 5.22. The molecule has 4 rings (SSSR count). The Balaban J connectivity index is 1.81. The van der Waals surface area contributed by atoms with Gasteiger partial charge in [-0.2, -0.15) is 4.99 Å². The first kappa shape index (κ1) is 15.5. The fourth-order valence-electron chi connectivity index (χ4n) is 2.73. The van der Waals surface area contributed by atoms with Crippen LogP contribution < -0.4 is 10.5 Å². The third kappa shape index (κ3) is 2.79. The van der Waals surface area contributed by atoms with Crippen LogP contribution in [0.15, 0.2) is 65.4 Å². The second-order valence-electron chi connectivity index (χ2n) is 5.41. The predicted octanol–water partition coefficient (Wildman–Crippen LogP) is 2.61. The van der Waals surface area contributed by atoms with E-state index in [1.807, 2.05) is 46.5 Å². The zero-order valence-corrected chi connectivity index (χ0v) is 14.0. The normalized spacial score (nSPS) is 12.0. The number of fused-ring (bicyclic) bond motifs is 1. The molecule has 0 saturated carbocycles. The molecule has 0 aliphatic carbocycles. The zero-order valence-electron chi connectivity index (χ0n) is 13.2. The summed E-state index contributed by atoms with van der Waals surface area (Å²) in [7, 11) is 0. The Morgan fingerprint density at radius 1 is 1.28 bits per heavy atom. The Labute approximate surface area is 147 Å². The second-order valence-corrected chi connectivity index (χ2v) is 6.28. The Kier molecular flexibility index (Phi) is 4.01. The van der Waals surface area contributed by atoms with Crippen LogP contribution in [0.5, 0.6) is 0 Å². The number of carbonyl (C=O) groups is 1. The van der Waals surface area contributed by atoms with Crippen molar-refractivity contribution >= 4 is 28.3 Å². The number of aromatic nitrogens is 3. The van der Waals surface area contributed by atoms with E-state index in [1.54, 1.807) is 18.5 Å². The van der Waals surface area contributed by atoms with Crippen LogP contribution in [0.2, 0.25) is 0 Å². The predicted molar refractivity (Wildman–Crippen MR) is 97.5 cm³/mol. The molecule has 0 fully saturated rings. The van der Waals surface area contributed by atoms with Gasteiger partial charge in [-0.3, -0.25) is 9.36 Å². The Morgan fingerprint density at radius 2 is 2.16 bits per heavy atom. The van der Waals surface area contributed by atoms with Gasteiger partial charge in [-0.05, 0) is 23.8 Å². The minimum atomic E-state index is -0.305. The van der Waals surface area contributed by atoms with Crippen LogP contribution in [-0.4, -0.2) is 20.4 Å². The highest BCUT2D eigenvalue weighted by atomic mass is 32.1. The van der Waals surface area contributed by atoms with E-state index >= 15 is 0 Å². The molecule has 3 heterocycles. The molecule has 3 aromatic heterocycles.